The van der Waals surface area contributed by atoms with Gasteiger partial charge in [0, 0.05) is 0 Å². The van der Waals surface area contributed by atoms with Gasteiger partial charge in [-0.3, -0.25) is 4.79 Å². The first-order valence-corrected chi connectivity index (χ1v) is 6.28. The zero-order valence-electron chi connectivity index (χ0n) is 10.7. The molecule has 0 amide bonds. The number of rotatable bonds is 2. The normalized spacial score (nSPS) is 31.9. The quantitative estimate of drug-likeness (QED) is 0.691. The summed E-state index contributed by atoms with van der Waals surface area (Å²) in [6.07, 6.45) is 3.58. The molecule has 1 fully saturated rings. The van der Waals surface area contributed by atoms with Gasteiger partial charge in [0.2, 0.25) is 5.12 Å². The number of ether oxygens (including phenoxy) is 1. The molecule has 1 rings (SSSR count). The van der Waals surface area contributed by atoms with Gasteiger partial charge < -0.3 is 4.74 Å². The fourth-order valence-electron chi connectivity index (χ4n) is 1.45. The molecule has 1 aliphatic heterocycles. The number of hydrogen-bond acceptors (Lipinski definition) is 3. The van der Waals surface area contributed by atoms with E-state index in [2.05, 4.69) is 27.4 Å². The van der Waals surface area contributed by atoms with E-state index in [-0.39, 0.29) is 16.0 Å². The molecule has 0 radical (unpaired) electrons. The molecule has 90 valence electrons. The van der Waals surface area contributed by atoms with Crippen molar-refractivity contribution < 1.29 is 9.53 Å². The van der Waals surface area contributed by atoms with E-state index >= 15 is 0 Å². The van der Waals surface area contributed by atoms with E-state index in [1.54, 1.807) is 6.08 Å². The number of carbonyl (C=O) groups is 1. The highest BCUT2D eigenvalue weighted by molar-refractivity contribution is 8.14. The minimum Gasteiger partial charge on any atom is -0.348 e. The maximum Gasteiger partial charge on any atom is 0.227 e. The molecule has 1 heterocycles. The molecule has 16 heavy (non-hydrogen) atoms. The summed E-state index contributed by atoms with van der Waals surface area (Å²) in [6, 6.07) is 0. The summed E-state index contributed by atoms with van der Waals surface area (Å²) >= 11 is 1.29. The van der Waals surface area contributed by atoms with E-state index in [1.165, 1.54) is 11.8 Å². The summed E-state index contributed by atoms with van der Waals surface area (Å²) < 4.78 is 5.89. The van der Waals surface area contributed by atoms with E-state index in [0.29, 0.717) is 0 Å². The van der Waals surface area contributed by atoms with Gasteiger partial charge in [-0.15, -0.1) is 0 Å². The zero-order chi connectivity index (χ0) is 12.6. The number of carbonyl (C=O) groups excluding carboxylic acids is 1. The lowest BCUT2D eigenvalue weighted by atomic mass is 9.97. The molecule has 1 aliphatic rings. The van der Waals surface area contributed by atoms with Crippen molar-refractivity contribution in [3.05, 3.63) is 24.3 Å². The summed E-state index contributed by atoms with van der Waals surface area (Å²) in [5.41, 5.74) is 0.0411. The molecular formula is C13H20O2S. The van der Waals surface area contributed by atoms with Gasteiger partial charge in [0.25, 0.3) is 0 Å². The molecule has 0 spiro atoms. The molecule has 0 aromatic carbocycles. The van der Waals surface area contributed by atoms with Crippen LogP contribution in [0.5, 0.6) is 0 Å². The first kappa shape index (κ1) is 13.5. The maximum atomic E-state index is 12.0. The summed E-state index contributed by atoms with van der Waals surface area (Å²) in [5.74, 6) is 0. The van der Waals surface area contributed by atoms with E-state index in [0.717, 1.165) is 5.57 Å². The Morgan fingerprint density at radius 1 is 1.56 bits per heavy atom. The number of thioether (sulfide) groups is 1. The van der Waals surface area contributed by atoms with Crippen LogP contribution >= 0.6 is 11.8 Å². The Bertz CT molecular complexity index is 338. The molecule has 0 aliphatic carbocycles. The van der Waals surface area contributed by atoms with Crippen molar-refractivity contribution in [3.8, 4) is 0 Å². The first-order valence-electron chi connectivity index (χ1n) is 5.40. The second kappa shape index (κ2) is 4.38. The van der Waals surface area contributed by atoms with Crippen LogP contribution in [0.1, 0.15) is 34.6 Å². The lowest BCUT2D eigenvalue weighted by molar-refractivity contribution is -0.127. The zero-order valence-corrected chi connectivity index (χ0v) is 11.5. The van der Waals surface area contributed by atoms with E-state index in [9.17, 15) is 4.79 Å². The summed E-state index contributed by atoms with van der Waals surface area (Å²) in [6.45, 7) is 13.7. The molecule has 0 aromatic rings. The lowest BCUT2D eigenvalue weighted by Gasteiger charge is -2.27. The third-order valence-electron chi connectivity index (χ3n) is 2.50. The van der Waals surface area contributed by atoms with Gasteiger partial charge in [0.15, 0.2) is 5.60 Å². The van der Waals surface area contributed by atoms with Crippen LogP contribution in [0.3, 0.4) is 0 Å². The minimum atomic E-state index is -0.805. The van der Waals surface area contributed by atoms with E-state index < -0.39 is 5.60 Å². The number of allylic oxidation sites excluding steroid dienone is 2. The second-order valence-corrected chi connectivity index (χ2v) is 6.46. The van der Waals surface area contributed by atoms with Crippen LogP contribution in [0, 0.1) is 5.41 Å². The third kappa shape index (κ3) is 2.77. The van der Waals surface area contributed by atoms with Crippen molar-refractivity contribution in [3.63, 3.8) is 0 Å². The van der Waals surface area contributed by atoms with Gasteiger partial charge in [0.1, 0.15) is 5.44 Å². The molecule has 0 bridgehead atoms. The van der Waals surface area contributed by atoms with Gasteiger partial charge >= 0.3 is 0 Å². The van der Waals surface area contributed by atoms with E-state index in [1.807, 2.05) is 19.9 Å². The predicted octanol–water partition coefficient (Wildman–Crippen LogP) is 3.54. The molecule has 2 atom stereocenters. The average Bonchev–Trinajstić information content (AvgIpc) is 2.42. The molecule has 2 nitrogen and oxygen atoms in total. The van der Waals surface area contributed by atoms with Crippen LogP contribution in [0.25, 0.3) is 0 Å². The molecule has 0 aromatic heterocycles. The van der Waals surface area contributed by atoms with Crippen molar-refractivity contribution in [1.29, 1.82) is 0 Å². The Labute approximate surface area is 102 Å². The van der Waals surface area contributed by atoms with Crippen molar-refractivity contribution in [1.82, 2.24) is 0 Å². The van der Waals surface area contributed by atoms with Gasteiger partial charge in [0.05, 0.1) is 0 Å². The Hall–Kier alpha value is -0.540. The Morgan fingerprint density at radius 2 is 2.12 bits per heavy atom. The topological polar surface area (TPSA) is 26.3 Å². The molecule has 3 heteroatoms. The largest absolute Gasteiger partial charge is 0.348 e. The fraction of sp³-hybridized carbons (Fsp3) is 0.615. The van der Waals surface area contributed by atoms with Crippen molar-refractivity contribution in [2.75, 3.05) is 0 Å². The van der Waals surface area contributed by atoms with Gasteiger partial charge in [-0.2, -0.15) is 0 Å². The third-order valence-corrected chi connectivity index (χ3v) is 4.14. The smallest absolute Gasteiger partial charge is 0.227 e. The Balaban J connectivity index is 2.94. The van der Waals surface area contributed by atoms with Crippen LogP contribution in [0.2, 0.25) is 0 Å². The summed E-state index contributed by atoms with van der Waals surface area (Å²) in [4.78, 5) is 12.0. The average molecular weight is 240 g/mol. The van der Waals surface area contributed by atoms with Crippen LogP contribution in [-0.2, 0) is 9.53 Å². The SMILES string of the molecule is C=C/C(C)=C\[C@@]1(C)O[C@H](C(C)(C)C)SC1=O. The van der Waals surface area contributed by atoms with Crippen LogP contribution < -0.4 is 0 Å². The van der Waals surface area contributed by atoms with Crippen LogP contribution in [-0.4, -0.2) is 16.2 Å². The Kier molecular flexibility index (Phi) is 3.70. The minimum absolute atomic E-state index is 0.0337. The fourth-order valence-corrected chi connectivity index (χ4v) is 2.59. The van der Waals surface area contributed by atoms with Crippen LogP contribution in [0.15, 0.2) is 24.3 Å². The standard InChI is InChI=1S/C13H20O2S/c1-7-9(2)8-13(6)10(14)16-11(15-13)12(3,4)5/h7-8,11H,1H2,2-6H3/b9-8-/t11-,13+/m0/s1. The highest BCUT2D eigenvalue weighted by Crippen LogP contribution is 2.44. The molecular weight excluding hydrogens is 220 g/mol. The van der Waals surface area contributed by atoms with Crippen LogP contribution in [0.4, 0.5) is 0 Å². The highest BCUT2D eigenvalue weighted by atomic mass is 32.2. The predicted molar refractivity (Wildman–Crippen MR) is 69.3 cm³/mol. The van der Waals surface area contributed by atoms with Gasteiger partial charge in [-0.1, -0.05) is 50.8 Å². The molecule has 1 saturated heterocycles. The molecule has 0 saturated carbocycles. The first-order chi connectivity index (χ1) is 7.19. The second-order valence-electron chi connectivity index (χ2n) is 5.42. The van der Waals surface area contributed by atoms with Crippen molar-refractivity contribution in [2.45, 2.75) is 45.7 Å². The van der Waals surface area contributed by atoms with Gasteiger partial charge in [-0.05, 0) is 25.3 Å². The molecule has 0 N–H and O–H groups in total. The Morgan fingerprint density at radius 3 is 2.50 bits per heavy atom. The van der Waals surface area contributed by atoms with Crippen molar-refractivity contribution in [2.24, 2.45) is 5.41 Å². The molecule has 0 unspecified atom stereocenters. The van der Waals surface area contributed by atoms with Crippen molar-refractivity contribution >= 4 is 16.9 Å². The number of hydrogen-bond donors (Lipinski definition) is 0. The summed E-state index contributed by atoms with van der Waals surface area (Å²) in [7, 11) is 0. The van der Waals surface area contributed by atoms with Gasteiger partial charge in [-0.25, -0.2) is 0 Å². The van der Waals surface area contributed by atoms with E-state index in [4.69, 9.17) is 4.74 Å². The lowest BCUT2D eigenvalue weighted by Crippen LogP contribution is -2.32. The highest BCUT2D eigenvalue weighted by Gasteiger charge is 2.47. The monoisotopic (exact) mass is 240 g/mol. The maximum absolute atomic E-state index is 12.0. The summed E-state index contributed by atoms with van der Waals surface area (Å²) in [5, 5.41) is 0.0774.